The second-order valence-electron chi connectivity index (χ2n) is 3.98. The molecule has 0 amide bonds. The van der Waals surface area contributed by atoms with Crippen LogP contribution in [0, 0.1) is 10.1 Å². The fourth-order valence-electron chi connectivity index (χ4n) is 1.80. The van der Waals surface area contributed by atoms with Crippen molar-refractivity contribution in [2.24, 2.45) is 0 Å². The molecule has 9 heteroatoms. The van der Waals surface area contributed by atoms with Crippen molar-refractivity contribution in [1.29, 1.82) is 0 Å². The summed E-state index contributed by atoms with van der Waals surface area (Å²) in [6, 6.07) is 5.47. The third-order valence-corrected chi connectivity index (χ3v) is 3.43. The number of carboxylic acids is 1. The molecule has 0 aliphatic rings. The van der Waals surface area contributed by atoms with E-state index in [0.717, 1.165) is 0 Å². The fourth-order valence-corrected chi connectivity index (χ4v) is 2.51. The van der Waals surface area contributed by atoms with Gasteiger partial charge in [-0.1, -0.05) is 6.07 Å². The Kier molecular flexibility index (Phi) is 3.03. The molecular formula is C12H7N3O5S. The van der Waals surface area contributed by atoms with Crippen molar-refractivity contribution in [3.8, 4) is 11.6 Å². The van der Waals surface area contributed by atoms with Gasteiger partial charge >= 0.3 is 5.97 Å². The molecule has 3 rings (SSSR count). The highest BCUT2D eigenvalue weighted by atomic mass is 32.1. The number of rotatable bonds is 4. The molecule has 0 bridgehead atoms. The zero-order valence-electron chi connectivity index (χ0n) is 10.3. The van der Waals surface area contributed by atoms with Crippen molar-refractivity contribution in [3.05, 3.63) is 51.7 Å². The number of aromatic carboxylic acids is 1. The van der Waals surface area contributed by atoms with Gasteiger partial charge in [-0.25, -0.2) is 4.79 Å². The number of benzene rings is 1. The Morgan fingerprint density at radius 1 is 1.48 bits per heavy atom. The molecule has 0 saturated heterocycles. The van der Waals surface area contributed by atoms with Crippen LogP contribution in [0.5, 0.6) is 11.6 Å². The second kappa shape index (κ2) is 4.87. The molecule has 0 fully saturated rings. The first-order valence-electron chi connectivity index (χ1n) is 5.67. The van der Waals surface area contributed by atoms with Gasteiger partial charge < -0.3 is 9.84 Å². The maximum atomic E-state index is 11.3. The summed E-state index contributed by atoms with van der Waals surface area (Å²) in [5.74, 6) is -1.14. The Morgan fingerprint density at radius 3 is 3.00 bits per heavy atom. The van der Waals surface area contributed by atoms with Gasteiger partial charge in [0.25, 0.3) is 11.6 Å². The van der Waals surface area contributed by atoms with E-state index < -0.39 is 10.9 Å². The number of fused-ring (bicyclic) bond motifs is 1. The minimum atomic E-state index is -1.19. The molecule has 1 aromatic carbocycles. The van der Waals surface area contributed by atoms with Crippen LogP contribution in [-0.2, 0) is 0 Å². The molecule has 0 saturated carbocycles. The van der Waals surface area contributed by atoms with Crippen LogP contribution in [0.25, 0.3) is 4.96 Å². The van der Waals surface area contributed by atoms with Gasteiger partial charge in [-0.15, -0.1) is 11.3 Å². The summed E-state index contributed by atoms with van der Waals surface area (Å²) in [4.78, 5) is 26.0. The number of carboxylic acid groups (broad SMARTS) is 1. The van der Waals surface area contributed by atoms with Gasteiger partial charge in [0, 0.05) is 17.6 Å². The molecule has 8 nitrogen and oxygen atoms in total. The molecule has 1 N–H and O–H groups in total. The summed E-state index contributed by atoms with van der Waals surface area (Å²) in [5, 5.41) is 21.7. The molecule has 0 aliphatic heterocycles. The monoisotopic (exact) mass is 305 g/mol. The summed E-state index contributed by atoms with van der Waals surface area (Å²) in [7, 11) is 0. The SMILES string of the molecule is O=C(O)c1c(Oc2cccc([N+](=O)[O-])c2)nc2sccn12. The van der Waals surface area contributed by atoms with Crippen molar-refractivity contribution < 1.29 is 19.6 Å². The van der Waals surface area contributed by atoms with Crippen LogP contribution < -0.4 is 4.74 Å². The first-order chi connectivity index (χ1) is 10.1. The third-order valence-electron chi connectivity index (χ3n) is 2.68. The van der Waals surface area contributed by atoms with E-state index in [4.69, 9.17) is 4.74 Å². The van der Waals surface area contributed by atoms with Gasteiger partial charge in [-0.05, 0) is 6.07 Å². The highest BCUT2D eigenvalue weighted by Gasteiger charge is 2.21. The zero-order valence-corrected chi connectivity index (χ0v) is 11.1. The summed E-state index contributed by atoms with van der Waals surface area (Å²) in [5.41, 5.74) is -0.275. The molecule has 106 valence electrons. The summed E-state index contributed by atoms with van der Waals surface area (Å²) < 4.78 is 6.78. The Balaban J connectivity index is 2.03. The van der Waals surface area contributed by atoms with Crippen LogP contribution in [0.2, 0.25) is 0 Å². The molecule has 21 heavy (non-hydrogen) atoms. The molecule has 0 radical (unpaired) electrons. The summed E-state index contributed by atoms with van der Waals surface area (Å²) in [6.07, 6.45) is 1.57. The predicted molar refractivity (Wildman–Crippen MR) is 73.2 cm³/mol. The predicted octanol–water partition coefficient (Wildman–Crippen LogP) is 2.79. The first-order valence-corrected chi connectivity index (χ1v) is 6.55. The number of hydrogen-bond acceptors (Lipinski definition) is 6. The maximum Gasteiger partial charge on any atom is 0.358 e. The number of aromatic nitrogens is 2. The van der Waals surface area contributed by atoms with E-state index in [0.29, 0.717) is 4.96 Å². The molecule has 2 aromatic heterocycles. The van der Waals surface area contributed by atoms with Crippen molar-refractivity contribution in [3.63, 3.8) is 0 Å². The van der Waals surface area contributed by atoms with Crippen molar-refractivity contribution in [1.82, 2.24) is 9.38 Å². The molecule has 3 aromatic rings. The van der Waals surface area contributed by atoms with Crippen LogP contribution in [-0.4, -0.2) is 25.4 Å². The molecule has 0 atom stereocenters. The van der Waals surface area contributed by atoms with Gasteiger partial charge in [0.05, 0.1) is 11.0 Å². The van der Waals surface area contributed by atoms with E-state index in [1.807, 2.05) is 0 Å². The van der Waals surface area contributed by atoms with E-state index in [1.54, 1.807) is 11.6 Å². The minimum Gasteiger partial charge on any atom is -0.476 e. The lowest BCUT2D eigenvalue weighted by atomic mass is 10.3. The van der Waals surface area contributed by atoms with Crippen LogP contribution in [0.1, 0.15) is 10.5 Å². The first kappa shape index (κ1) is 13.1. The number of thiazole rings is 1. The summed E-state index contributed by atoms with van der Waals surface area (Å²) >= 11 is 1.26. The molecular weight excluding hydrogens is 298 g/mol. The number of nitrogens with zero attached hydrogens (tertiary/aromatic N) is 3. The number of ether oxygens (including phenoxy) is 1. The van der Waals surface area contributed by atoms with E-state index in [1.165, 1.54) is 40.0 Å². The van der Waals surface area contributed by atoms with Gasteiger partial charge in [-0.2, -0.15) is 4.98 Å². The van der Waals surface area contributed by atoms with E-state index in [-0.39, 0.29) is 23.0 Å². The van der Waals surface area contributed by atoms with Gasteiger partial charge in [-0.3, -0.25) is 14.5 Å². The lowest BCUT2D eigenvalue weighted by Crippen LogP contribution is -2.02. The van der Waals surface area contributed by atoms with Crippen LogP contribution in [0.15, 0.2) is 35.8 Å². The number of carbonyl (C=O) groups is 1. The minimum absolute atomic E-state index is 0.102. The molecule has 0 spiro atoms. The average Bonchev–Trinajstić information content (AvgIpc) is 2.98. The molecule has 2 heterocycles. The van der Waals surface area contributed by atoms with E-state index in [2.05, 4.69) is 4.98 Å². The molecule has 0 unspecified atom stereocenters. The highest BCUT2D eigenvalue weighted by Crippen LogP contribution is 2.29. The van der Waals surface area contributed by atoms with Crippen molar-refractivity contribution >= 4 is 28.0 Å². The lowest BCUT2D eigenvalue weighted by molar-refractivity contribution is -0.384. The number of nitro groups is 1. The van der Waals surface area contributed by atoms with Crippen molar-refractivity contribution in [2.75, 3.05) is 0 Å². The Bertz CT molecular complexity index is 854. The number of imidazole rings is 1. The van der Waals surface area contributed by atoms with E-state index >= 15 is 0 Å². The number of hydrogen-bond donors (Lipinski definition) is 1. The fraction of sp³-hybridized carbons (Fsp3) is 0. The average molecular weight is 305 g/mol. The Morgan fingerprint density at radius 2 is 2.29 bits per heavy atom. The second-order valence-corrected chi connectivity index (χ2v) is 4.86. The van der Waals surface area contributed by atoms with Gasteiger partial charge in [0.2, 0.25) is 0 Å². The highest BCUT2D eigenvalue weighted by molar-refractivity contribution is 7.15. The number of non-ortho nitro benzene ring substituents is 1. The lowest BCUT2D eigenvalue weighted by Gasteiger charge is -2.03. The van der Waals surface area contributed by atoms with Crippen LogP contribution in [0.3, 0.4) is 0 Å². The normalized spacial score (nSPS) is 10.7. The van der Waals surface area contributed by atoms with Gasteiger partial charge in [0.15, 0.2) is 10.7 Å². The Hall–Kier alpha value is -2.94. The van der Waals surface area contributed by atoms with Crippen molar-refractivity contribution in [2.45, 2.75) is 0 Å². The third kappa shape index (κ3) is 2.30. The smallest absolute Gasteiger partial charge is 0.358 e. The van der Waals surface area contributed by atoms with E-state index in [9.17, 15) is 20.0 Å². The maximum absolute atomic E-state index is 11.3. The Labute approximate surface area is 121 Å². The van der Waals surface area contributed by atoms with Crippen LogP contribution in [0.4, 0.5) is 5.69 Å². The van der Waals surface area contributed by atoms with Gasteiger partial charge in [0.1, 0.15) is 5.75 Å². The number of nitro benzene ring substituents is 1. The standard InChI is InChI=1S/C12H7N3O5S/c16-11(17)9-10(13-12-14(9)4-5-21-12)20-8-3-1-2-7(6-8)15(18)19/h1-6H,(H,16,17). The largest absolute Gasteiger partial charge is 0.476 e. The molecule has 0 aliphatic carbocycles. The zero-order chi connectivity index (χ0) is 15.0. The summed E-state index contributed by atoms with van der Waals surface area (Å²) in [6.45, 7) is 0. The quantitative estimate of drug-likeness (QED) is 0.586. The van der Waals surface area contributed by atoms with Crippen LogP contribution >= 0.6 is 11.3 Å². The topological polar surface area (TPSA) is 107 Å².